The Morgan fingerprint density at radius 2 is 1.74 bits per heavy atom. The fourth-order valence-corrected chi connectivity index (χ4v) is 2.72. The maximum absolute atomic E-state index is 12.8. The Morgan fingerprint density at radius 1 is 1.00 bits per heavy atom. The minimum Gasteiger partial charge on any atom is -0.472 e. The van der Waals surface area contributed by atoms with Gasteiger partial charge in [-0.3, -0.25) is 9.59 Å². The summed E-state index contributed by atoms with van der Waals surface area (Å²) in [5.41, 5.74) is 3.37. The number of aryl methyl sites for hydroxylation is 1. The van der Waals surface area contributed by atoms with E-state index in [0.717, 1.165) is 16.8 Å². The highest BCUT2D eigenvalue weighted by molar-refractivity contribution is 5.95. The van der Waals surface area contributed by atoms with Crippen molar-refractivity contribution >= 4 is 17.5 Å². The zero-order valence-electron chi connectivity index (χ0n) is 15.2. The van der Waals surface area contributed by atoms with E-state index < -0.39 is 0 Å². The van der Waals surface area contributed by atoms with Gasteiger partial charge in [-0.1, -0.05) is 48.0 Å². The number of hydrogen-bond acceptors (Lipinski definition) is 3. The molecule has 2 amide bonds. The average Bonchev–Trinajstić information content (AvgIpc) is 3.22. The molecule has 5 nitrogen and oxygen atoms in total. The molecule has 0 saturated heterocycles. The van der Waals surface area contributed by atoms with Crippen LogP contribution in [0.3, 0.4) is 0 Å². The van der Waals surface area contributed by atoms with Crippen LogP contribution in [0.15, 0.2) is 77.6 Å². The molecule has 0 bridgehead atoms. The van der Waals surface area contributed by atoms with Crippen LogP contribution in [0.5, 0.6) is 0 Å². The number of benzene rings is 2. The standard InChI is InChI=1S/C22H22N2O3/c1-17-7-9-20(10-8-17)23-21(25)11-13-24(15-18-5-3-2-4-6-18)22(26)19-12-14-27-16-19/h2-10,12,14,16H,11,13,15H2,1H3,(H,23,25). The summed E-state index contributed by atoms with van der Waals surface area (Å²) in [7, 11) is 0. The highest BCUT2D eigenvalue weighted by Gasteiger charge is 2.18. The Balaban J connectivity index is 1.64. The van der Waals surface area contributed by atoms with Crippen molar-refractivity contribution in [2.45, 2.75) is 19.9 Å². The van der Waals surface area contributed by atoms with Gasteiger partial charge in [-0.05, 0) is 30.7 Å². The lowest BCUT2D eigenvalue weighted by atomic mass is 10.2. The van der Waals surface area contributed by atoms with Crippen molar-refractivity contribution in [1.29, 1.82) is 0 Å². The maximum atomic E-state index is 12.8. The third-order valence-corrected chi connectivity index (χ3v) is 4.22. The van der Waals surface area contributed by atoms with Crippen LogP contribution < -0.4 is 5.32 Å². The van der Waals surface area contributed by atoms with Gasteiger partial charge in [0.15, 0.2) is 0 Å². The molecular formula is C22H22N2O3. The van der Waals surface area contributed by atoms with Crippen LogP contribution >= 0.6 is 0 Å². The average molecular weight is 362 g/mol. The van der Waals surface area contributed by atoms with Gasteiger partial charge in [0.25, 0.3) is 5.91 Å². The monoisotopic (exact) mass is 362 g/mol. The largest absolute Gasteiger partial charge is 0.472 e. The molecule has 3 rings (SSSR count). The van der Waals surface area contributed by atoms with E-state index in [4.69, 9.17) is 4.42 Å². The molecule has 1 aromatic heterocycles. The molecule has 3 aromatic rings. The minimum atomic E-state index is -0.157. The number of rotatable bonds is 7. The van der Waals surface area contributed by atoms with Gasteiger partial charge in [-0.15, -0.1) is 0 Å². The highest BCUT2D eigenvalue weighted by atomic mass is 16.3. The van der Waals surface area contributed by atoms with Gasteiger partial charge in [0.1, 0.15) is 6.26 Å². The molecule has 0 aliphatic rings. The summed E-state index contributed by atoms with van der Waals surface area (Å²) in [6.07, 6.45) is 3.11. The van der Waals surface area contributed by atoms with Crippen LogP contribution in [0.4, 0.5) is 5.69 Å². The van der Waals surface area contributed by atoms with Crippen LogP contribution in [-0.2, 0) is 11.3 Å². The predicted octanol–water partition coefficient (Wildman–Crippen LogP) is 4.26. The lowest BCUT2D eigenvalue weighted by Gasteiger charge is -2.22. The van der Waals surface area contributed by atoms with Crippen LogP contribution in [0, 0.1) is 6.92 Å². The van der Waals surface area contributed by atoms with E-state index in [2.05, 4.69) is 5.32 Å². The molecule has 0 saturated carbocycles. The SMILES string of the molecule is Cc1ccc(NC(=O)CCN(Cc2ccccc2)C(=O)c2ccoc2)cc1. The maximum Gasteiger partial charge on any atom is 0.257 e. The highest BCUT2D eigenvalue weighted by Crippen LogP contribution is 2.13. The minimum absolute atomic E-state index is 0.128. The molecule has 138 valence electrons. The molecule has 0 radical (unpaired) electrons. The summed E-state index contributed by atoms with van der Waals surface area (Å²) in [5.74, 6) is -0.285. The number of furan rings is 1. The first-order chi connectivity index (χ1) is 13.1. The van der Waals surface area contributed by atoms with Crippen LogP contribution in [-0.4, -0.2) is 23.3 Å². The normalized spacial score (nSPS) is 10.4. The Bertz CT molecular complexity index is 872. The number of carbonyl (C=O) groups is 2. The van der Waals surface area contributed by atoms with Crippen molar-refractivity contribution in [3.63, 3.8) is 0 Å². The predicted molar refractivity (Wildman–Crippen MR) is 104 cm³/mol. The number of carbonyl (C=O) groups excluding carboxylic acids is 2. The molecule has 0 unspecified atom stereocenters. The van der Waals surface area contributed by atoms with E-state index in [1.807, 2.05) is 61.5 Å². The van der Waals surface area contributed by atoms with Gasteiger partial charge in [-0.25, -0.2) is 0 Å². The second kappa shape index (κ2) is 8.85. The van der Waals surface area contributed by atoms with Gasteiger partial charge in [-0.2, -0.15) is 0 Å². The summed E-state index contributed by atoms with van der Waals surface area (Å²) in [6, 6.07) is 19.0. The zero-order valence-corrected chi connectivity index (χ0v) is 15.2. The van der Waals surface area contributed by atoms with Crippen molar-refractivity contribution in [2.75, 3.05) is 11.9 Å². The first-order valence-electron chi connectivity index (χ1n) is 8.84. The second-order valence-corrected chi connectivity index (χ2v) is 6.39. The van der Waals surface area contributed by atoms with Crippen molar-refractivity contribution in [3.8, 4) is 0 Å². The first kappa shape index (κ1) is 18.5. The fraction of sp³-hybridized carbons (Fsp3) is 0.182. The molecule has 5 heteroatoms. The number of hydrogen-bond donors (Lipinski definition) is 1. The van der Waals surface area contributed by atoms with Crippen LogP contribution in [0.25, 0.3) is 0 Å². The number of amides is 2. The van der Waals surface area contributed by atoms with Gasteiger partial charge in [0, 0.05) is 25.2 Å². The molecule has 2 aromatic carbocycles. The molecular weight excluding hydrogens is 340 g/mol. The van der Waals surface area contributed by atoms with Crippen molar-refractivity contribution in [2.24, 2.45) is 0 Å². The lowest BCUT2D eigenvalue weighted by molar-refractivity contribution is -0.116. The van der Waals surface area contributed by atoms with E-state index in [1.165, 1.54) is 12.5 Å². The lowest BCUT2D eigenvalue weighted by Crippen LogP contribution is -2.33. The van der Waals surface area contributed by atoms with Gasteiger partial charge in [0.05, 0.1) is 11.8 Å². The third kappa shape index (κ3) is 5.31. The van der Waals surface area contributed by atoms with E-state index >= 15 is 0 Å². The fourth-order valence-electron chi connectivity index (χ4n) is 2.72. The van der Waals surface area contributed by atoms with E-state index in [-0.39, 0.29) is 18.2 Å². The Morgan fingerprint density at radius 3 is 2.41 bits per heavy atom. The van der Waals surface area contributed by atoms with Gasteiger partial charge in [0.2, 0.25) is 5.91 Å². The van der Waals surface area contributed by atoms with Gasteiger partial charge >= 0.3 is 0 Å². The van der Waals surface area contributed by atoms with Gasteiger partial charge < -0.3 is 14.6 Å². The topological polar surface area (TPSA) is 62.6 Å². The number of nitrogens with zero attached hydrogens (tertiary/aromatic N) is 1. The molecule has 0 fully saturated rings. The van der Waals surface area contributed by atoms with Crippen LogP contribution in [0.1, 0.15) is 27.9 Å². The molecule has 1 N–H and O–H groups in total. The molecule has 0 spiro atoms. The smallest absolute Gasteiger partial charge is 0.257 e. The molecule has 1 heterocycles. The summed E-state index contributed by atoms with van der Waals surface area (Å²) in [6.45, 7) is 2.74. The molecule has 0 aliphatic heterocycles. The van der Waals surface area contributed by atoms with E-state index in [9.17, 15) is 9.59 Å². The first-order valence-corrected chi connectivity index (χ1v) is 8.84. The van der Waals surface area contributed by atoms with Crippen molar-refractivity contribution in [1.82, 2.24) is 4.90 Å². The van der Waals surface area contributed by atoms with Crippen LogP contribution in [0.2, 0.25) is 0 Å². The van der Waals surface area contributed by atoms with Crippen molar-refractivity contribution < 1.29 is 14.0 Å². The second-order valence-electron chi connectivity index (χ2n) is 6.39. The summed E-state index contributed by atoms with van der Waals surface area (Å²) >= 11 is 0. The third-order valence-electron chi connectivity index (χ3n) is 4.22. The van der Waals surface area contributed by atoms with E-state index in [0.29, 0.717) is 18.7 Å². The Hall–Kier alpha value is -3.34. The Kier molecular flexibility index (Phi) is 6.05. The summed E-state index contributed by atoms with van der Waals surface area (Å²) in [4.78, 5) is 26.7. The van der Waals surface area contributed by atoms with E-state index in [1.54, 1.807) is 11.0 Å². The van der Waals surface area contributed by atoms with Crippen molar-refractivity contribution in [3.05, 3.63) is 89.9 Å². The molecule has 0 aliphatic carbocycles. The quantitative estimate of drug-likeness (QED) is 0.683. The Labute approximate surface area is 158 Å². The summed E-state index contributed by atoms with van der Waals surface area (Å²) < 4.78 is 5.02. The molecule has 27 heavy (non-hydrogen) atoms. The zero-order chi connectivity index (χ0) is 19.1. The number of nitrogens with one attached hydrogen (secondary N) is 1. The molecule has 0 atom stereocenters. The number of anilines is 1. The summed E-state index contributed by atoms with van der Waals surface area (Å²) in [5, 5.41) is 2.87.